The topological polar surface area (TPSA) is 59.4 Å². The van der Waals surface area contributed by atoms with Crippen LogP contribution in [0.1, 0.15) is 28.5 Å². The smallest absolute Gasteiger partial charge is 0.335 e. The van der Waals surface area contributed by atoms with Crippen LogP contribution in [0, 0.1) is 12.7 Å². The van der Waals surface area contributed by atoms with Crippen LogP contribution in [0.4, 0.5) is 4.39 Å². The minimum Gasteiger partial charge on any atom is -0.478 e. The molecule has 1 heterocycles. The van der Waals surface area contributed by atoms with Crippen LogP contribution >= 0.6 is 0 Å². The van der Waals surface area contributed by atoms with Crippen LogP contribution in [0.5, 0.6) is 11.6 Å². The highest BCUT2D eigenvalue weighted by Crippen LogP contribution is 2.23. The van der Waals surface area contributed by atoms with E-state index in [2.05, 4.69) is 4.98 Å². The standard InChI is InChI=1S/C15H14FNO3/c1-3-11-6-10(15(18)19)7-14(17-11)20-12-5-4-9(2)13(16)8-12/h4-8H,3H2,1-2H3,(H,18,19). The summed E-state index contributed by atoms with van der Waals surface area (Å²) in [4.78, 5) is 15.2. The van der Waals surface area contributed by atoms with E-state index >= 15 is 0 Å². The molecule has 0 aliphatic carbocycles. The van der Waals surface area contributed by atoms with E-state index in [1.54, 1.807) is 19.1 Å². The quantitative estimate of drug-likeness (QED) is 0.926. The second kappa shape index (κ2) is 5.69. The predicted molar refractivity (Wildman–Crippen MR) is 71.8 cm³/mol. The van der Waals surface area contributed by atoms with Crippen molar-refractivity contribution >= 4 is 5.97 Å². The molecule has 0 atom stereocenters. The Morgan fingerprint density at radius 1 is 1.35 bits per heavy atom. The molecule has 104 valence electrons. The Bertz CT molecular complexity index is 656. The Balaban J connectivity index is 2.34. The third-order valence-electron chi connectivity index (χ3n) is 2.83. The summed E-state index contributed by atoms with van der Waals surface area (Å²) in [7, 11) is 0. The first-order valence-corrected chi connectivity index (χ1v) is 6.18. The van der Waals surface area contributed by atoms with Gasteiger partial charge in [0.2, 0.25) is 5.88 Å². The molecule has 2 aromatic rings. The van der Waals surface area contributed by atoms with E-state index in [0.29, 0.717) is 17.7 Å². The first-order chi connectivity index (χ1) is 9.49. The number of carboxylic acids is 1. The highest BCUT2D eigenvalue weighted by atomic mass is 19.1. The predicted octanol–water partition coefficient (Wildman–Crippen LogP) is 3.58. The molecule has 1 aromatic heterocycles. The zero-order valence-electron chi connectivity index (χ0n) is 11.2. The van der Waals surface area contributed by atoms with Gasteiger partial charge in [0.15, 0.2) is 0 Å². The molecule has 0 unspecified atom stereocenters. The second-order valence-electron chi connectivity index (χ2n) is 4.36. The van der Waals surface area contributed by atoms with E-state index in [0.717, 1.165) is 0 Å². The van der Waals surface area contributed by atoms with E-state index in [1.807, 2.05) is 6.92 Å². The van der Waals surface area contributed by atoms with E-state index < -0.39 is 5.97 Å². The fourth-order valence-corrected chi connectivity index (χ4v) is 1.67. The SMILES string of the molecule is CCc1cc(C(=O)O)cc(Oc2ccc(C)c(F)c2)n1. The number of carbonyl (C=O) groups is 1. The molecule has 0 aliphatic heterocycles. The number of benzene rings is 1. The molecule has 0 amide bonds. The lowest BCUT2D eigenvalue weighted by atomic mass is 10.2. The van der Waals surface area contributed by atoms with Crippen LogP contribution in [0.3, 0.4) is 0 Å². The number of hydrogen-bond donors (Lipinski definition) is 1. The lowest BCUT2D eigenvalue weighted by Gasteiger charge is -2.08. The summed E-state index contributed by atoms with van der Waals surface area (Å²) in [5.74, 6) is -1.01. The molecule has 0 spiro atoms. The third-order valence-corrected chi connectivity index (χ3v) is 2.83. The van der Waals surface area contributed by atoms with E-state index in [-0.39, 0.29) is 23.0 Å². The van der Waals surface area contributed by atoms with Gasteiger partial charge in [0.1, 0.15) is 11.6 Å². The van der Waals surface area contributed by atoms with Crippen molar-refractivity contribution in [1.29, 1.82) is 0 Å². The minimum absolute atomic E-state index is 0.0967. The van der Waals surface area contributed by atoms with Gasteiger partial charge in [0.25, 0.3) is 0 Å². The Morgan fingerprint density at radius 2 is 2.10 bits per heavy atom. The average Bonchev–Trinajstić information content (AvgIpc) is 2.42. The number of carboxylic acid groups (broad SMARTS) is 1. The summed E-state index contributed by atoms with van der Waals surface area (Å²) in [5, 5.41) is 9.03. The Hall–Kier alpha value is -2.43. The van der Waals surface area contributed by atoms with E-state index in [1.165, 1.54) is 18.2 Å². The molecule has 0 radical (unpaired) electrons. The van der Waals surface area contributed by atoms with Crippen LogP contribution in [-0.2, 0) is 6.42 Å². The lowest BCUT2D eigenvalue weighted by Crippen LogP contribution is -2.01. The maximum atomic E-state index is 13.4. The zero-order chi connectivity index (χ0) is 14.7. The summed E-state index contributed by atoms with van der Waals surface area (Å²) in [6.45, 7) is 3.51. The number of aromatic carboxylic acids is 1. The number of aromatic nitrogens is 1. The fourth-order valence-electron chi connectivity index (χ4n) is 1.67. The first-order valence-electron chi connectivity index (χ1n) is 6.18. The highest BCUT2D eigenvalue weighted by molar-refractivity contribution is 5.88. The molecule has 2 rings (SSSR count). The zero-order valence-corrected chi connectivity index (χ0v) is 11.2. The number of rotatable bonds is 4. The summed E-state index contributed by atoms with van der Waals surface area (Å²) < 4.78 is 18.9. The maximum absolute atomic E-state index is 13.4. The molecular formula is C15H14FNO3. The van der Waals surface area contributed by atoms with Crippen molar-refractivity contribution in [2.45, 2.75) is 20.3 Å². The van der Waals surface area contributed by atoms with Gasteiger partial charge in [0.05, 0.1) is 5.56 Å². The number of aryl methyl sites for hydroxylation is 2. The minimum atomic E-state index is -1.05. The molecule has 1 aromatic carbocycles. The number of nitrogens with zero attached hydrogens (tertiary/aromatic N) is 1. The van der Waals surface area contributed by atoms with Crippen LogP contribution < -0.4 is 4.74 Å². The normalized spacial score (nSPS) is 10.3. The van der Waals surface area contributed by atoms with Gasteiger partial charge in [-0.1, -0.05) is 13.0 Å². The number of ether oxygens (including phenoxy) is 1. The molecule has 20 heavy (non-hydrogen) atoms. The van der Waals surface area contributed by atoms with Crippen LogP contribution in [0.25, 0.3) is 0 Å². The number of pyridine rings is 1. The summed E-state index contributed by atoms with van der Waals surface area (Å²) in [5.41, 5.74) is 1.21. The van der Waals surface area contributed by atoms with Gasteiger partial charge < -0.3 is 9.84 Å². The monoisotopic (exact) mass is 275 g/mol. The fraction of sp³-hybridized carbons (Fsp3) is 0.200. The number of halogens is 1. The maximum Gasteiger partial charge on any atom is 0.335 e. The van der Waals surface area contributed by atoms with Gasteiger partial charge in [0, 0.05) is 17.8 Å². The van der Waals surface area contributed by atoms with E-state index in [9.17, 15) is 9.18 Å². The molecule has 5 heteroatoms. The third kappa shape index (κ3) is 3.12. The van der Waals surface area contributed by atoms with E-state index in [4.69, 9.17) is 9.84 Å². The molecule has 0 aliphatic rings. The van der Waals surface area contributed by atoms with Crippen molar-refractivity contribution < 1.29 is 19.0 Å². The molecule has 0 saturated heterocycles. The molecular weight excluding hydrogens is 261 g/mol. The molecule has 1 N–H and O–H groups in total. The van der Waals surface area contributed by atoms with Gasteiger partial charge in [-0.05, 0) is 31.0 Å². The summed E-state index contributed by atoms with van der Waals surface area (Å²) in [6, 6.07) is 7.26. The highest BCUT2D eigenvalue weighted by Gasteiger charge is 2.10. The van der Waals surface area contributed by atoms with Gasteiger partial charge in [-0.15, -0.1) is 0 Å². The van der Waals surface area contributed by atoms with Crippen molar-refractivity contribution in [3.05, 3.63) is 53.0 Å². The Kier molecular flexibility index (Phi) is 3.98. The van der Waals surface area contributed by atoms with Crippen LogP contribution in [-0.4, -0.2) is 16.1 Å². The van der Waals surface area contributed by atoms with Crippen molar-refractivity contribution in [3.8, 4) is 11.6 Å². The Morgan fingerprint density at radius 3 is 2.70 bits per heavy atom. The van der Waals surface area contributed by atoms with Crippen molar-refractivity contribution in [2.75, 3.05) is 0 Å². The summed E-state index contributed by atoms with van der Waals surface area (Å²) in [6.07, 6.45) is 0.583. The van der Waals surface area contributed by atoms with Gasteiger partial charge in [-0.2, -0.15) is 0 Å². The Labute approximate surface area is 115 Å². The van der Waals surface area contributed by atoms with Gasteiger partial charge >= 0.3 is 5.97 Å². The van der Waals surface area contributed by atoms with Crippen LogP contribution in [0.15, 0.2) is 30.3 Å². The largest absolute Gasteiger partial charge is 0.478 e. The summed E-state index contributed by atoms with van der Waals surface area (Å²) >= 11 is 0. The van der Waals surface area contributed by atoms with Crippen molar-refractivity contribution in [1.82, 2.24) is 4.98 Å². The molecule has 0 fully saturated rings. The second-order valence-corrected chi connectivity index (χ2v) is 4.36. The van der Waals surface area contributed by atoms with Crippen LogP contribution in [0.2, 0.25) is 0 Å². The average molecular weight is 275 g/mol. The first kappa shape index (κ1) is 14.0. The molecule has 0 bridgehead atoms. The van der Waals surface area contributed by atoms with Crippen molar-refractivity contribution in [3.63, 3.8) is 0 Å². The van der Waals surface area contributed by atoms with Gasteiger partial charge in [-0.25, -0.2) is 14.2 Å². The van der Waals surface area contributed by atoms with Crippen molar-refractivity contribution in [2.24, 2.45) is 0 Å². The van der Waals surface area contributed by atoms with Gasteiger partial charge in [-0.3, -0.25) is 0 Å². The molecule has 4 nitrogen and oxygen atoms in total. The number of hydrogen-bond acceptors (Lipinski definition) is 3. The lowest BCUT2D eigenvalue weighted by molar-refractivity contribution is 0.0696. The molecule has 0 saturated carbocycles.